The van der Waals surface area contributed by atoms with Gasteiger partial charge in [0.05, 0.1) is 0 Å². The third kappa shape index (κ3) is 6.35. The summed E-state index contributed by atoms with van der Waals surface area (Å²) in [5.41, 5.74) is -2.04. The van der Waals surface area contributed by atoms with E-state index in [0.29, 0.717) is 0 Å². The van der Waals surface area contributed by atoms with Crippen LogP contribution in [0.1, 0.15) is 41.5 Å². The Morgan fingerprint density at radius 3 is 1.45 bits per heavy atom. The van der Waals surface area contributed by atoms with Gasteiger partial charge in [-0.2, -0.15) is 4.90 Å². The molecule has 116 valence electrons. The molecule has 0 aromatic rings. The van der Waals surface area contributed by atoms with E-state index in [0.717, 1.165) is 0 Å². The molecule has 8 heteroatoms. The Morgan fingerprint density at radius 2 is 1.25 bits per heavy atom. The van der Waals surface area contributed by atoms with Crippen LogP contribution in [0, 0.1) is 0 Å². The van der Waals surface area contributed by atoms with E-state index in [1.165, 1.54) is 41.5 Å². The van der Waals surface area contributed by atoms with Crippen molar-refractivity contribution in [1.29, 1.82) is 0 Å². The van der Waals surface area contributed by atoms with E-state index in [9.17, 15) is 18.8 Å². The number of carbonyl (C=O) groups excluding carboxylic acids is 2. The van der Waals surface area contributed by atoms with Crippen LogP contribution in [0.2, 0.25) is 0 Å². The van der Waals surface area contributed by atoms with Crippen LogP contribution in [-0.2, 0) is 14.3 Å². The molecule has 0 fully saturated rings. The summed E-state index contributed by atoms with van der Waals surface area (Å²) in [5, 5.41) is 8.61. The lowest BCUT2D eigenvalue weighted by atomic mass is 10.2. The maximum absolute atomic E-state index is 13.6. The number of imide groups is 1. The molecule has 0 saturated carbocycles. The van der Waals surface area contributed by atoms with E-state index >= 15 is 0 Å². The first kappa shape index (κ1) is 18.1. The number of ether oxygens (including phenoxy) is 2. The summed E-state index contributed by atoms with van der Waals surface area (Å²) in [6, 6.07) is 0. The predicted octanol–water partition coefficient (Wildman–Crippen LogP) is 2.54. The molecule has 0 rings (SSSR count). The third-order valence-electron chi connectivity index (χ3n) is 1.61. The topological polar surface area (TPSA) is 93.1 Å². The highest BCUT2D eigenvalue weighted by Gasteiger charge is 2.40. The maximum atomic E-state index is 13.6. The minimum absolute atomic E-state index is 0.209. The van der Waals surface area contributed by atoms with Gasteiger partial charge < -0.3 is 14.6 Å². The van der Waals surface area contributed by atoms with Crippen LogP contribution in [0.5, 0.6) is 0 Å². The molecule has 0 aliphatic rings. The molecule has 20 heavy (non-hydrogen) atoms. The number of carboxylic acid groups (broad SMARTS) is 1. The molecule has 1 unspecified atom stereocenters. The molecule has 0 aliphatic carbocycles. The Morgan fingerprint density at radius 1 is 0.950 bits per heavy atom. The van der Waals surface area contributed by atoms with E-state index in [1.807, 2.05) is 0 Å². The van der Waals surface area contributed by atoms with Gasteiger partial charge in [-0.25, -0.2) is 18.8 Å². The monoisotopic (exact) mass is 293 g/mol. The average molecular weight is 293 g/mol. The molecule has 0 aromatic carbocycles. The van der Waals surface area contributed by atoms with Gasteiger partial charge in [0, 0.05) is 0 Å². The Bertz CT molecular complexity index is 368. The second-order valence-corrected chi connectivity index (χ2v) is 6.00. The highest BCUT2D eigenvalue weighted by molar-refractivity contribution is 5.92. The van der Waals surface area contributed by atoms with Gasteiger partial charge in [0.2, 0.25) is 0 Å². The number of amides is 2. The summed E-state index contributed by atoms with van der Waals surface area (Å²) < 4.78 is 23.1. The molecule has 1 atom stereocenters. The van der Waals surface area contributed by atoms with Crippen molar-refractivity contribution in [2.75, 3.05) is 0 Å². The molecule has 0 aliphatic heterocycles. The van der Waals surface area contributed by atoms with Crippen molar-refractivity contribution in [2.24, 2.45) is 0 Å². The number of aliphatic carboxylic acids is 1. The van der Waals surface area contributed by atoms with E-state index in [-0.39, 0.29) is 4.90 Å². The minimum Gasteiger partial charge on any atom is -0.478 e. The summed E-state index contributed by atoms with van der Waals surface area (Å²) in [6.45, 7) is 8.95. The summed E-state index contributed by atoms with van der Waals surface area (Å²) in [7, 11) is 0. The molecule has 0 aromatic heterocycles. The Hall–Kier alpha value is -1.86. The molecule has 2 amide bonds. The van der Waals surface area contributed by atoms with Crippen LogP contribution in [-0.4, -0.2) is 45.7 Å². The number of hydrogen-bond acceptors (Lipinski definition) is 5. The lowest BCUT2D eigenvalue weighted by Gasteiger charge is -2.28. The van der Waals surface area contributed by atoms with Gasteiger partial charge in [0.15, 0.2) is 0 Å². The maximum Gasteiger partial charge on any atom is 0.422 e. The van der Waals surface area contributed by atoms with Gasteiger partial charge in [-0.1, -0.05) is 0 Å². The number of carbonyl (C=O) groups is 3. The second-order valence-electron chi connectivity index (χ2n) is 6.00. The first-order valence-corrected chi connectivity index (χ1v) is 5.86. The first-order valence-electron chi connectivity index (χ1n) is 5.86. The van der Waals surface area contributed by atoms with E-state index in [2.05, 4.69) is 0 Å². The van der Waals surface area contributed by atoms with Crippen LogP contribution >= 0.6 is 0 Å². The lowest BCUT2D eigenvalue weighted by molar-refractivity contribution is -0.149. The van der Waals surface area contributed by atoms with Crippen LogP contribution < -0.4 is 0 Å². The van der Waals surface area contributed by atoms with Gasteiger partial charge in [-0.3, -0.25) is 0 Å². The zero-order valence-electron chi connectivity index (χ0n) is 12.4. The molecule has 0 heterocycles. The number of hydrogen-bond donors (Lipinski definition) is 1. The molecule has 7 nitrogen and oxygen atoms in total. The number of nitrogens with zero attached hydrogens (tertiary/aromatic N) is 1. The Kier molecular flexibility index (Phi) is 5.50. The molecule has 0 saturated heterocycles. The number of rotatable bonds is 2. The van der Waals surface area contributed by atoms with E-state index in [1.54, 1.807) is 0 Å². The smallest absolute Gasteiger partial charge is 0.422 e. The van der Waals surface area contributed by atoms with Gasteiger partial charge >= 0.3 is 18.2 Å². The third-order valence-corrected chi connectivity index (χ3v) is 1.61. The first-order chi connectivity index (χ1) is 8.74. The molecule has 0 bridgehead atoms. The normalized spacial score (nSPS) is 13.3. The van der Waals surface area contributed by atoms with E-state index < -0.39 is 35.7 Å². The fraction of sp³-hybridized carbons (Fsp3) is 0.750. The zero-order valence-corrected chi connectivity index (χ0v) is 12.4. The van der Waals surface area contributed by atoms with Crippen LogP contribution in [0.25, 0.3) is 0 Å². The highest BCUT2D eigenvalue weighted by Crippen LogP contribution is 2.17. The summed E-state index contributed by atoms with van der Waals surface area (Å²) in [6.07, 6.45) is -5.75. The molecule has 1 N–H and O–H groups in total. The quantitative estimate of drug-likeness (QED) is 0.786. The fourth-order valence-electron chi connectivity index (χ4n) is 0.992. The van der Waals surface area contributed by atoms with Crippen molar-refractivity contribution in [2.45, 2.75) is 59.0 Å². The minimum atomic E-state index is -2.89. The van der Waals surface area contributed by atoms with Crippen molar-refractivity contribution in [3.8, 4) is 0 Å². The standard InChI is InChI=1S/C12H20FNO6/c1-11(2,3)19-9(17)14(7(13)8(15)16)10(18)20-12(4,5)6/h7H,1-6H3,(H,15,16). The van der Waals surface area contributed by atoms with Crippen molar-refractivity contribution in [3.63, 3.8) is 0 Å². The largest absolute Gasteiger partial charge is 0.478 e. The zero-order chi connectivity index (χ0) is 16.3. The second kappa shape index (κ2) is 6.06. The van der Waals surface area contributed by atoms with Gasteiger partial charge in [-0.15, -0.1) is 0 Å². The SMILES string of the molecule is CC(C)(C)OC(=O)N(C(=O)OC(C)(C)C)C(F)C(=O)O. The van der Waals surface area contributed by atoms with Crippen molar-refractivity contribution in [3.05, 3.63) is 0 Å². The van der Waals surface area contributed by atoms with E-state index in [4.69, 9.17) is 14.6 Å². The summed E-state index contributed by atoms with van der Waals surface area (Å²) >= 11 is 0. The molecular weight excluding hydrogens is 273 g/mol. The van der Waals surface area contributed by atoms with Crippen LogP contribution in [0.15, 0.2) is 0 Å². The lowest BCUT2D eigenvalue weighted by Crippen LogP contribution is -2.50. The average Bonchev–Trinajstić information content (AvgIpc) is 2.10. The van der Waals surface area contributed by atoms with Crippen molar-refractivity contribution < 1.29 is 33.4 Å². The number of carboxylic acids is 1. The van der Waals surface area contributed by atoms with Crippen LogP contribution in [0.3, 0.4) is 0 Å². The van der Waals surface area contributed by atoms with Crippen LogP contribution in [0.4, 0.5) is 14.0 Å². The Balaban J connectivity index is 5.24. The number of halogens is 1. The highest BCUT2D eigenvalue weighted by atomic mass is 19.1. The molecule has 0 radical (unpaired) electrons. The molecular formula is C12H20FNO6. The number of alkyl halides is 1. The predicted molar refractivity (Wildman–Crippen MR) is 66.8 cm³/mol. The van der Waals surface area contributed by atoms with Crippen molar-refractivity contribution >= 4 is 18.2 Å². The van der Waals surface area contributed by atoms with Gasteiger partial charge in [0.1, 0.15) is 11.2 Å². The fourth-order valence-corrected chi connectivity index (χ4v) is 0.992. The van der Waals surface area contributed by atoms with Crippen molar-refractivity contribution in [1.82, 2.24) is 4.90 Å². The summed E-state index contributed by atoms with van der Waals surface area (Å²) in [5.74, 6) is -2.00. The van der Waals surface area contributed by atoms with Gasteiger partial charge in [0.25, 0.3) is 6.30 Å². The van der Waals surface area contributed by atoms with Gasteiger partial charge in [-0.05, 0) is 41.5 Å². The molecule has 0 spiro atoms. The Labute approximate surface area is 116 Å². The summed E-state index contributed by atoms with van der Waals surface area (Å²) in [4.78, 5) is 33.9.